The molecule has 1 aromatic heterocycles. The molecule has 2 heterocycles. The fourth-order valence-electron chi connectivity index (χ4n) is 5.28. The normalized spacial score (nSPS) is 15.5. The average Bonchev–Trinajstić information content (AvgIpc) is 3.15. The molecule has 182 valence electrons. The molecule has 0 spiro atoms. The molecule has 5 rings (SSSR count). The van der Waals surface area contributed by atoms with Gasteiger partial charge in [0, 0.05) is 41.3 Å². The SMILES string of the molecule is COc1ccc(S(=O)(=O)N2CCC(c3c(C)n(Cc4cccc(Cl)c4)c4ccccc34)CC2)cc1. The molecule has 0 aliphatic carbocycles. The van der Waals surface area contributed by atoms with Crippen molar-refractivity contribution < 1.29 is 13.2 Å². The average molecular weight is 509 g/mol. The van der Waals surface area contributed by atoms with Crippen LogP contribution < -0.4 is 4.74 Å². The lowest BCUT2D eigenvalue weighted by atomic mass is 9.88. The Morgan fingerprint density at radius 2 is 1.69 bits per heavy atom. The lowest BCUT2D eigenvalue weighted by Gasteiger charge is -2.31. The van der Waals surface area contributed by atoms with Gasteiger partial charge in [0.2, 0.25) is 10.0 Å². The van der Waals surface area contributed by atoms with Crippen LogP contribution in [-0.4, -0.2) is 37.5 Å². The molecule has 0 bridgehead atoms. The quantitative estimate of drug-likeness (QED) is 0.310. The number of aromatic nitrogens is 1. The predicted octanol–water partition coefficient (Wildman–Crippen LogP) is 6.23. The maximum absolute atomic E-state index is 13.2. The van der Waals surface area contributed by atoms with Gasteiger partial charge in [-0.3, -0.25) is 0 Å². The van der Waals surface area contributed by atoms with Gasteiger partial charge in [0.15, 0.2) is 0 Å². The first-order chi connectivity index (χ1) is 16.9. The summed E-state index contributed by atoms with van der Waals surface area (Å²) in [5, 5.41) is 1.99. The van der Waals surface area contributed by atoms with Crippen molar-refractivity contribution in [2.24, 2.45) is 0 Å². The van der Waals surface area contributed by atoms with Gasteiger partial charge in [-0.05, 0) is 79.3 Å². The Labute approximate surface area is 211 Å². The number of sulfonamides is 1. The van der Waals surface area contributed by atoms with Crippen molar-refractivity contribution in [3.63, 3.8) is 0 Å². The highest BCUT2D eigenvalue weighted by molar-refractivity contribution is 7.89. The molecule has 1 aliphatic rings. The van der Waals surface area contributed by atoms with Gasteiger partial charge in [-0.25, -0.2) is 8.42 Å². The highest BCUT2D eigenvalue weighted by Gasteiger charge is 2.32. The summed E-state index contributed by atoms with van der Waals surface area (Å²) in [6.07, 6.45) is 1.59. The molecule has 0 saturated carbocycles. The smallest absolute Gasteiger partial charge is 0.243 e. The Hall–Kier alpha value is -2.80. The van der Waals surface area contributed by atoms with Crippen molar-refractivity contribution >= 4 is 32.5 Å². The zero-order valence-corrected chi connectivity index (χ0v) is 21.5. The van der Waals surface area contributed by atoms with Crippen LogP contribution in [0.4, 0.5) is 0 Å². The number of para-hydroxylation sites is 1. The highest BCUT2D eigenvalue weighted by atomic mass is 35.5. The van der Waals surface area contributed by atoms with Crippen LogP contribution in [-0.2, 0) is 16.6 Å². The van der Waals surface area contributed by atoms with E-state index in [0.29, 0.717) is 29.7 Å². The molecule has 5 nitrogen and oxygen atoms in total. The molecule has 35 heavy (non-hydrogen) atoms. The second-order valence-electron chi connectivity index (χ2n) is 9.09. The fourth-order valence-corrected chi connectivity index (χ4v) is 6.96. The first-order valence-electron chi connectivity index (χ1n) is 11.8. The van der Waals surface area contributed by atoms with Crippen molar-refractivity contribution in [2.45, 2.75) is 37.1 Å². The number of benzene rings is 3. The van der Waals surface area contributed by atoms with Crippen LogP contribution in [0.3, 0.4) is 0 Å². The maximum Gasteiger partial charge on any atom is 0.243 e. The minimum absolute atomic E-state index is 0.308. The molecule has 7 heteroatoms. The van der Waals surface area contributed by atoms with Crippen molar-refractivity contribution in [1.82, 2.24) is 8.87 Å². The van der Waals surface area contributed by atoms with E-state index in [1.54, 1.807) is 35.7 Å². The lowest BCUT2D eigenvalue weighted by molar-refractivity contribution is 0.319. The van der Waals surface area contributed by atoms with Gasteiger partial charge in [0.25, 0.3) is 0 Å². The first kappa shape index (κ1) is 23.9. The molecule has 1 fully saturated rings. The largest absolute Gasteiger partial charge is 0.497 e. The third-order valence-electron chi connectivity index (χ3n) is 7.07. The number of ether oxygens (including phenoxy) is 1. The fraction of sp³-hybridized carbons (Fsp3) is 0.286. The molecule has 1 saturated heterocycles. The Kier molecular flexibility index (Phi) is 6.62. The van der Waals surface area contributed by atoms with E-state index in [9.17, 15) is 8.42 Å². The van der Waals surface area contributed by atoms with Gasteiger partial charge < -0.3 is 9.30 Å². The number of piperidine rings is 1. The Morgan fingerprint density at radius 3 is 2.37 bits per heavy atom. The van der Waals surface area contributed by atoms with E-state index >= 15 is 0 Å². The first-order valence-corrected chi connectivity index (χ1v) is 13.7. The third-order valence-corrected chi connectivity index (χ3v) is 9.22. The number of halogens is 1. The molecule has 0 amide bonds. The number of hydrogen-bond acceptors (Lipinski definition) is 3. The van der Waals surface area contributed by atoms with Crippen LogP contribution in [0.1, 0.15) is 35.6 Å². The molecule has 3 aromatic carbocycles. The zero-order chi connectivity index (χ0) is 24.6. The summed E-state index contributed by atoms with van der Waals surface area (Å²) in [6, 6.07) is 23.1. The van der Waals surface area contributed by atoms with E-state index in [1.165, 1.54) is 22.2 Å². The molecule has 4 aromatic rings. The van der Waals surface area contributed by atoms with Gasteiger partial charge >= 0.3 is 0 Å². The van der Waals surface area contributed by atoms with E-state index in [4.69, 9.17) is 16.3 Å². The lowest BCUT2D eigenvalue weighted by Crippen LogP contribution is -2.38. The summed E-state index contributed by atoms with van der Waals surface area (Å²) in [4.78, 5) is 0.311. The number of methoxy groups -OCH3 is 1. The van der Waals surface area contributed by atoms with Crippen LogP contribution in [0.5, 0.6) is 5.75 Å². The molecule has 0 unspecified atom stereocenters. The van der Waals surface area contributed by atoms with Crippen LogP contribution in [0.15, 0.2) is 77.7 Å². The molecule has 0 atom stereocenters. The van der Waals surface area contributed by atoms with Gasteiger partial charge in [-0.15, -0.1) is 0 Å². The zero-order valence-electron chi connectivity index (χ0n) is 19.9. The van der Waals surface area contributed by atoms with Crippen LogP contribution in [0, 0.1) is 6.92 Å². The van der Waals surface area contributed by atoms with Gasteiger partial charge in [-0.2, -0.15) is 4.31 Å². The van der Waals surface area contributed by atoms with Gasteiger partial charge in [0.05, 0.1) is 12.0 Å². The maximum atomic E-state index is 13.2. The summed E-state index contributed by atoms with van der Waals surface area (Å²) in [7, 11) is -1.95. The molecule has 1 aliphatic heterocycles. The second kappa shape index (κ2) is 9.69. The number of fused-ring (bicyclic) bond motifs is 1. The minimum atomic E-state index is -3.52. The topological polar surface area (TPSA) is 51.5 Å². The summed E-state index contributed by atoms with van der Waals surface area (Å²) < 4.78 is 35.6. The van der Waals surface area contributed by atoms with Crippen LogP contribution >= 0.6 is 11.6 Å². The summed E-state index contributed by atoms with van der Waals surface area (Å²) in [5.41, 5.74) is 4.94. The molecule has 0 radical (unpaired) electrons. The van der Waals surface area contributed by atoms with Crippen molar-refractivity contribution in [1.29, 1.82) is 0 Å². The molecular formula is C28H29ClN2O3S. The van der Waals surface area contributed by atoms with E-state index in [2.05, 4.69) is 41.8 Å². The molecular weight excluding hydrogens is 480 g/mol. The van der Waals surface area contributed by atoms with Crippen LogP contribution in [0.25, 0.3) is 10.9 Å². The highest BCUT2D eigenvalue weighted by Crippen LogP contribution is 2.38. The van der Waals surface area contributed by atoms with E-state index in [0.717, 1.165) is 30.0 Å². The van der Waals surface area contributed by atoms with Crippen molar-refractivity contribution in [2.75, 3.05) is 20.2 Å². The third kappa shape index (κ3) is 4.58. The summed E-state index contributed by atoms with van der Waals surface area (Å²) in [6.45, 7) is 3.94. The molecule has 0 N–H and O–H groups in total. The van der Waals surface area contributed by atoms with E-state index in [-0.39, 0.29) is 0 Å². The van der Waals surface area contributed by atoms with E-state index < -0.39 is 10.0 Å². The monoisotopic (exact) mass is 508 g/mol. The Bertz CT molecular complexity index is 1450. The number of hydrogen-bond donors (Lipinski definition) is 0. The van der Waals surface area contributed by atoms with Crippen LogP contribution in [0.2, 0.25) is 5.02 Å². The van der Waals surface area contributed by atoms with Gasteiger partial charge in [-0.1, -0.05) is 41.9 Å². The number of nitrogens with zero attached hydrogens (tertiary/aromatic N) is 2. The van der Waals surface area contributed by atoms with E-state index in [1.807, 2.05) is 18.2 Å². The predicted molar refractivity (Wildman–Crippen MR) is 141 cm³/mol. The van der Waals surface area contributed by atoms with Crippen molar-refractivity contribution in [3.05, 3.63) is 94.6 Å². The number of rotatable bonds is 6. The minimum Gasteiger partial charge on any atom is -0.497 e. The van der Waals surface area contributed by atoms with Gasteiger partial charge in [0.1, 0.15) is 5.75 Å². The summed E-state index contributed by atoms with van der Waals surface area (Å²) in [5.74, 6) is 0.954. The summed E-state index contributed by atoms with van der Waals surface area (Å²) >= 11 is 6.24. The second-order valence-corrected chi connectivity index (χ2v) is 11.5. The Morgan fingerprint density at radius 1 is 0.971 bits per heavy atom. The van der Waals surface area contributed by atoms with Crippen molar-refractivity contribution in [3.8, 4) is 5.75 Å². The Balaban J connectivity index is 1.40. The standard InChI is InChI=1S/C28H29ClN2O3S/c1-20-28(26-8-3-4-9-27(26)31(20)19-21-6-5-7-23(29)18-21)22-14-16-30(17-15-22)35(32,33)25-12-10-24(34-2)11-13-25/h3-13,18,22H,14-17,19H2,1-2H3.